The molecule has 0 saturated carbocycles. The molecule has 0 amide bonds. The molecule has 1 aromatic carbocycles. The van der Waals surface area contributed by atoms with E-state index in [-0.39, 0.29) is 5.02 Å². The van der Waals surface area contributed by atoms with Crippen LogP contribution in [0.4, 0.5) is 10.1 Å². The van der Waals surface area contributed by atoms with E-state index in [9.17, 15) is 4.39 Å². The predicted molar refractivity (Wildman–Crippen MR) is 63.0 cm³/mol. The van der Waals surface area contributed by atoms with E-state index in [1.807, 2.05) is 18.2 Å². The molecule has 2 rings (SSSR count). The Morgan fingerprint density at radius 2 is 2.12 bits per heavy atom. The van der Waals surface area contributed by atoms with Gasteiger partial charge in [-0.25, -0.2) is 4.39 Å². The molecule has 0 fully saturated rings. The third-order valence-corrected chi connectivity index (χ3v) is 2.41. The smallest absolute Gasteiger partial charge is 0.141 e. The summed E-state index contributed by atoms with van der Waals surface area (Å²) in [5.41, 5.74) is 1.69. The van der Waals surface area contributed by atoms with Crippen LogP contribution in [-0.4, -0.2) is 4.98 Å². The van der Waals surface area contributed by atoms with E-state index in [0.717, 1.165) is 11.4 Å². The molecule has 1 aromatic heterocycles. The van der Waals surface area contributed by atoms with Crippen LogP contribution in [-0.2, 0) is 6.54 Å². The highest BCUT2D eigenvalue weighted by Crippen LogP contribution is 2.19. The van der Waals surface area contributed by atoms with Gasteiger partial charge in [-0.2, -0.15) is 0 Å². The number of benzene rings is 1. The minimum absolute atomic E-state index is 0.117. The van der Waals surface area contributed by atoms with Gasteiger partial charge in [0.15, 0.2) is 0 Å². The van der Waals surface area contributed by atoms with E-state index in [4.69, 9.17) is 11.6 Å². The molecule has 0 aliphatic rings. The van der Waals surface area contributed by atoms with Crippen molar-refractivity contribution in [2.75, 3.05) is 5.32 Å². The zero-order valence-electron chi connectivity index (χ0n) is 8.45. The normalized spacial score (nSPS) is 10.1. The van der Waals surface area contributed by atoms with Gasteiger partial charge < -0.3 is 5.32 Å². The maximum Gasteiger partial charge on any atom is 0.141 e. The van der Waals surface area contributed by atoms with Crippen LogP contribution in [0.3, 0.4) is 0 Å². The maximum absolute atomic E-state index is 12.9. The summed E-state index contributed by atoms with van der Waals surface area (Å²) in [7, 11) is 0. The highest BCUT2D eigenvalue weighted by atomic mass is 35.5. The van der Waals surface area contributed by atoms with E-state index in [0.29, 0.717) is 6.54 Å². The van der Waals surface area contributed by atoms with Crippen molar-refractivity contribution in [1.29, 1.82) is 0 Å². The Morgan fingerprint density at radius 3 is 2.81 bits per heavy atom. The number of nitrogens with zero attached hydrogens (tertiary/aromatic N) is 1. The van der Waals surface area contributed by atoms with Gasteiger partial charge >= 0.3 is 0 Å². The number of hydrogen-bond acceptors (Lipinski definition) is 2. The number of nitrogens with one attached hydrogen (secondary N) is 1. The average molecular weight is 237 g/mol. The Labute approximate surface area is 98.1 Å². The van der Waals surface area contributed by atoms with Crippen molar-refractivity contribution in [3.63, 3.8) is 0 Å². The molecule has 1 N–H and O–H groups in total. The molecule has 0 aliphatic heterocycles. The molecule has 0 spiro atoms. The van der Waals surface area contributed by atoms with Crippen LogP contribution >= 0.6 is 11.6 Å². The highest BCUT2D eigenvalue weighted by molar-refractivity contribution is 6.31. The third-order valence-electron chi connectivity index (χ3n) is 2.12. The fourth-order valence-corrected chi connectivity index (χ4v) is 1.48. The van der Waals surface area contributed by atoms with Crippen molar-refractivity contribution < 1.29 is 4.39 Å². The minimum Gasteiger partial charge on any atom is -0.379 e. The van der Waals surface area contributed by atoms with E-state index in [2.05, 4.69) is 10.3 Å². The first kappa shape index (κ1) is 10.9. The number of hydrogen-bond donors (Lipinski definition) is 1. The Balaban J connectivity index is 2.03. The standard InChI is InChI=1S/C12H10ClFN2/c13-11-7-9(4-5-12(11)14)16-8-10-3-1-2-6-15-10/h1-7,16H,8H2. The molecule has 82 valence electrons. The van der Waals surface area contributed by atoms with Crippen LogP contribution in [0, 0.1) is 5.82 Å². The van der Waals surface area contributed by atoms with Crippen molar-refractivity contribution in [2.24, 2.45) is 0 Å². The molecule has 0 radical (unpaired) electrons. The van der Waals surface area contributed by atoms with Gasteiger partial charge in [-0.15, -0.1) is 0 Å². The number of halogens is 2. The molecule has 4 heteroatoms. The molecule has 16 heavy (non-hydrogen) atoms. The average Bonchev–Trinajstić information content (AvgIpc) is 2.32. The van der Waals surface area contributed by atoms with Crippen molar-refractivity contribution in [3.05, 3.63) is 59.1 Å². The van der Waals surface area contributed by atoms with Gasteiger partial charge in [0.1, 0.15) is 5.82 Å². The molecule has 0 atom stereocenters. The monoisotopic (exact) mass is 236 g/mol. The molecule has 1 heterocycles. The number of aromatic nitrogens is 1. The fraction of sp³-hybridized carbons (Fsp3) is 0.0833. The van der Waals surface area contributed by atoms with Crippen LogP contribution in [0.15, 0.2) is 42.6 Å². The summed E-state index contributed by atoms with van der Waals surface area (Å²) in [4.78, 5) is 4.16. The van der Waals surface area contributed by atoms with Crippen LogP contribution in [0.25, 0.3) is 0 Å². The lowest BCUT2D eigenvalue weighted by molar-refractivity contribution is 0.628. The quantitative estimate of drug-likeness (QED) is 0.883. The van der Waals surface area contributed by atoms with Gasteiger partial charge in [0.05, 0.1) is 17.3 Å². The second-order valence-corrected chi connectivity index (χ2v) is 3.71. The van der Waals surface area contributed by atoms with Crippen molar-refractivity contribution in [1.82, 2.24) is 4.98 Å². The van der Waals surface area contributed by atoms with Crippen LogP contribution < -0.4 is 5.32 Å². The SMILES string of the molecule is Fc1ccc(NCc2ccccn2)cc1Cl. The van der Waals surface area contributed by atoms with Crippen LogP contribution in [0.2, 0.25) is 5.02 Å². The second kappa shape index (κ2) is 4.94. The van der Waals surface area contributed by atoms with Gasteiger partial charge in [-0.1, -0.05) is 17.7 Å². The Morgan fingerprint density at radius 1 is 1.25 bits per heavy atom. The molecule has 0 saturated heterocycles. The van der Waals surface area contributed by atoms with E-state index in [1.165, 1.54) is 6.07 Å². The molecular weight excluding hydrogens is 227 g/mol. The first-order valence-corrected chi connectivity index (χ1v) is 5.22. The van der Waals surface area contributed by atoms with Crippen molar-refractivity contribution in [2.45, 2.75) is 6.54 Å². The van der Waals surface area contributed by atoms with Crippen LogP contribution in [0.1, 0.15) is 5.69 Å². The fourth-order valence-electron chi connectivity index (χ4n) is 1.30. The van der Waals surface area contributed by atoms with Gasteiger partial charge in [0.25, 0.3) is 0 Å². The van der Waals surface area contributed by atoms with Crippen LogP contribution in [0.5, 0.6) is 0 Å². The predicted octanol–water partition coefficient (Wildman–Crippen LogP) is 3.49. The van der Waals surface area contributed by atoms with E-state index < -0.39 is 5.82 Å². The summed E-state index contributed by atoms with van der Waals surface area (Å²) in [6.07, 6.45) is 1.73. The topological polar surface area (TPSA) is 24.9 Å². The molecule has 0 unspecified atom stereocenters. The molecule has 0 aliphatic carbocycles. The first-order valence-electron chi connectivity index (χ1n) is 4.84. The summed E-state index contributed by atoms with van der Waals surface area (Å²) < 4.78 is 12.9. The lowest BCUT2D eigenvalue weighted by Gasteiger charge is -2.06. The Kier molecular flexibility index (Phi) is 3.37. The number of pyridine rings is 1. The highest BCUT2D eigenvalue weighted by Gasteiger charge is 2.00. The maximum atomic E-state index is 12.9. The van der Waals surface area contributed by atoms with E-state index >= 15 is 0 Å². The van der Waals surface area contributed by atoms with Crippen molar-refractivity contribution >= 4 is 17.3 Å². The van der Waals surface area contributed by atoms with E-state index in [1.54, 1.807) is 18.3 Å². The van der Waals surface area contributed by atoms with Gasteiger partial charge in [0, 0.05) is 11.9 Å². The molecule has 2 nitrogen and oxygen atoms in total. The van der Waals surface area contributed by atoms with Crippen molar-refractivity contribution in [3.8, 4) is 0 Å². The zero-order valence-corrected chi connectivity index (χ0v) is 9.21. The first-order chi connectivity index (χ1) is 7.75. The summed E-state index contributed by atoms with van der Waals surface area (Å²) >= 11 is 5.66. The summed E-state index contributed by atoms with van der Waals surface area (Å²) in [5.74, 6) is -0.412. The summed E-state index contributed by atoms with van der Waals surface area (Å²) in [5, 5.41) is 3.23. The lowest BCUT2D eigenvalue weighted by Crippen LogP contribution is -2.01. The molecular formula is C12H10ClFN2. The van der Waals surface area contributed by atoms with Gasteiger partial charge in [-0.3, -0.25) is 4.98 Å². The molecule has 2 aromatic rings. The van der Waals surface area contributed by atoms with Gasteiger partial charge in [-0.05, 0) is 30.3 Å². The lowest BCUT2D eigenvalue weighted by atomic mass is 10.3. The zero-order chi connectivity index (χ0) is 11.4. The third kappa shape index (κ3) is 2.70. The minimum atomic E-state index is -0.412. The Hall–Kier alpha value is -1.61. The summed E-state index contributed by atoms with van der Waals surface area (Å²) in [6, 6.07) is 10.2. The Bertz CT molecular complexity index is 474. The molecule has 0 bridgehead atoms. The second-order valence-electron chi connectivity index (χ2n) is 3.30. The number of anilines is 1. The number of rotatable bonds is 3. The van der Waals surface area contributed by atoms with Gasteiger partial charge in [0.2, 0.25) is 0 Å². The summed E-state index contributed by atoms with van der Waals surface area (Å²) in [6.45, 7) is 0.586. The largest absolute Gasteiger partial charge is 0.379 e.